The molecule has 4 rings (SSSR count). The molecule has 0 saturated carbocycles. The Morgan fingerprint density at radius 1 is 0.950 bits per heavy atom. The summed E-state index contributed by atoms with van der Waals surface area (Å²) in [6.07, 6.45) is 3.28. The van der Waals surface area contributed by atoms with Crippen molar-refractivity contribution in [2.45, 2.75) is 0 Å². The molecule has 2 heterocycles. The van der Waals surface area contributed by atoms with Gasteiger partial charge in [-0.15, -0.1) is 0 Å². The summed E-state index contributed by atoms with van der Waals surface area (Å²) in [5, 5.41) is 12.9. The number of rotatable bonds is 1. The second-order valence-corrected chi connectivity index (χ2v) is 4.66. The summed E-state index contributed by atoms with van der Waals surface area (Å²) >= 11 is 0. The summed E-state index contributed by atoms with van der Waals surface area (Å²) in [7, 11) is 0. The van der Waals surface area contributed by atoms with Crippen LogP contribution in [0.25, 0.3) is 27.6 Å². The summed E-state index contributed by atoms with van der Waals surface area (Å²) in [4.78, 5) is 4.35. The van der Waals surface area contributed by atoms with E-state index < -0.39 is 0 Å². The Balaban J connectivity index is 2.17. The minimum Gasteiger partial charge on any atom is -0.618 e. The molecule has 0 aliphatic carbocycles. The van der Waals surface area contributed by atoms with Gasteiger partial charge < -0.3 is 5.21 Å². The van der Waals surface area contributed by atoms with Crippen LogP contribution in [-0.2, 0) is 0 Å². The summed E-state index contributed by atoms with van der Waals surface area (Å²) in [6.45, 7) is 0. The third-order valence-electron chi connectivity index (χ3n) is 3.47. The van der Waals surface area contributed by atoms with Crippen molar-refractivity contribution >= 4 is 21.9 Å². The first kappa shape index (κ1) is 11.0. The number of hydrogen-bond acceptors (Lipinski definition) is 2. The quantitative estimate of drug-likeness (QED) is 0.390. The Kier molecular flexibility index (Phi) is 2.23. The summed E-state index contributed by atoms with van der Waals surface area (Å²) in [6, 6.07) is 17.6. The van der Waals surface area contributed by atoms with Crippen molar-refractivity contribution in [2.75, 3.05) is 0 Å². The van der Waals surface area contributed by atoms with E-state index in [0.29, 0.717) is 11.0 Å². The molecule has 0 N–H and O–H groups in total. The standard InChI is InChI=1S/C16H11N3O/c20-19-10-14-16(13-8-4-5-9-15(13)19)18(11-17-14)12-6-2-1-3-7-12/h1-11H. The molecule has 0 bridgehead atoms. The number of fused-ring (bicyclic) bond motifs is 3. The van der Waals surface area contributed by atoms with Crippen LogP contribution in [0.1, 0.15) is 0 Å². The first-order chi connectivity index (χ1) is 9.84. The number of benzene rings is 2. The summed E-state index contributed by atoms with van der Waals surface area (Å²) in [5.74, 6) is 0. The lowest BCUT2D eigenvalue weighted by atomic mass is 10.2. The molecule has 0 radical (unpaired) electrons. The number of aromatic nitrogens is 3. The molecule has 0 spiro atoms. The second-order valence-electron chi connectivity index (χ2n) is 4.66. The van der Waals surface area contributed by atoms with Crippen LogP contribution in [0.15, 0.2) is 67.1 Å². The first-order valence-corrected chi connectivity index (χ1v) is 6.38. The highest BCUT2D eigenvalue weighted by Crippen LogP contribution is 2.24. The largest absolute Gasteiger partial charge is 0.618 e. The number of nitrogens with zero attached hydrogens (tertiary/aromatic N) is 3. The molecule has 0 aliphatic heterocycles. The van der Waals surface area contributed by atoms with Gasteiger partial charge in [-0.05, 0) is 18.2 Å². The minimum atomic E-state index is 0.651. The van der Waals surface area contributed by atoms with Crippen molar-refractivity contribution in [3.8, 4) is 5.69 Å². The molecule has 4 nitrogen and oxygen atoms in total. The van der Waals surface area contributed by atoms with E-state index in [1.54, 1.807) is 6.33 Å². The van der Waals surface area contributed by atoms with Gasteiger partial charge in [-0.25, -0.2) is 4.98 Å². The molecule has 4 heteroatoms. The van der Waals surface area contributed by atoms with Crippen molar-refractivity contribution in [3.05, 3.63) is 72.3 Å². The van der Waals surface area contributed by atoms with Gasteiger partial charge in [0.25, 0.3) is 0 Å². The molecule has 0 saturated heterocycles. The molecule has 4 aromatic rings. The molecule has 2 aromatic carbocycles. The lowest BCUT2D eigenvalue weighted by Gasteiger charge is -2.07. The molecule has 2 aromatic heterocycles. The van der Waals surface area contributed by atoms with Gasteiger partial charge in [-0.3, -0.25) is 4.57 Å². The Morgan fingerprint density at radius 3 is 2.55 bits per heavy atom. The number of para-hydroxylation sites is 2. The molecule has 20 heavy (non-hydrogen) atoms. The SMILES string of the molecule is [O-][n+]1cc2ncn(-c3ccccc3)c2c2ccccc21. The van der Waals surface area contributed by atoms with Crippen LogP contribution in [0.3, 0.4) is 0 Å². The van der Waals surface area contributed by atoms with Gasteiger partial charge in [0.2, 0.25) is 11.7 Å². The highest BCUT2D eigenvalue weighted by Gasteiger charge is 2.14. The van der Waals surface area contributed by atoms with E-state index in [-0.39, 0.29) is 0 Å². The van der Waals surface area contributed by atoms with E-state index in [0.717, 1.165) is 21.3 Å². The Labute approximate surface area is 115 Å². The van der Waals surface area contributed by atoms with Gasteiger partial charge in [0.05, 0.1) is 10.9 Å². The lowest BCUT2D eigenvalue weighted by Crippen LogP contribution is -2.26. The van der Waals surface area contributed by atoms with Crippen molar-refractivity contribution in [3.63, 3.8) is 0 Å². The van der Waals surface area contributed by atoms with Crippen LogP contribution >= 0.6 is 0 Å². The molecule has 0 amide bonds. The normalized spacial score (nSPS) is 11.2. The smallest absolute Gasteiger partial charge is 0.226 e. The maximum Gasteiger partial charge on any atom is 0.226 e. The maximum absolute atomic E-state index is 12.0. The third-order valence-corrected chi connectivity index (χ3v) is 3.47. The Hall–Kier alpha value is -2.88. The Morgan fingerprint density at radius 2 is 1.70 bits per heavy atom. The second kappa shape index (κ2) is 4.06. The van der Waals surface area contributed by atoms with Gasteiger partial charge >= 0.3 is 0 Å². The molecular weight excluding hydrogens is 250 g/mol. The average Bonchev–Trinajstić information content (AvgIpc) is 2.92. The fourth-order valence-corrected chi connectivity index (χ4v) is 2.56. The van der Waals surface area contributed by atoms with E-state index in [2.05, 4.69) is 4.98 Å². The number of imidazole rings is 1. The minimum absolute atomic E-state index is 0.651. The number of hydrogen-bond donors (Lipinski definition) is 0. The van der Waals surface area contributed by atoms with Crippen LogP contribution in [0.5, 0.6) is 0 Å². The topological polar surface area (TPSA) is 44.8 Å². The molecule has 0 fully saturated rings. The highest BCUT2D eigenvalue weighted by molar-refractivity contribution is 6.01. The van der Waals surface area contributed by atoms with Crippen molar-refractivity contribution in [1.29, 1.82) is 0 Å². The van der Waals surface area contributed by atoms with Crippen molar-refractivity contribution in [2.24, 2.45) is 0 Å². The van der Waals surface area contributed by atoms with Crippen LogP contribution in [0.2, 0.25) is 0 Å². The fraction of sp³-hybridized carbons (Fsp3) is 0. The maximum atomic E-state index is 12.0. The highest BCUT2D eigenvalue weighted by atomic mass is 16.5. The van der Waals surface area contributed by atoms with Crippen LogP contribution < -0.4 is 4.73 Å². The van der Waals surface area contributed by atoms with E-state index in [4.69, 9.17) is 0 Å². The predicted octanol–water partition coefficient (Wildman–Crippen LogP) is 2.81. The van der Waals surface area contributed by atoms with Gasteiger partial charge in [0.1, 0.15) is 6.33 Å². The zero-order chi connectivity index (χ0) is 13.5. The zero-order valence-corrected chi connectivity index (χ0v) is 10.6. The fourth-order valence-electron chi connectivity index (χ4n) is 2.56. The average molecular weight is 261 g/mol. The van der Waals surface area contributed by atoms with E-state index in [1.165, 1.54) is 6.20 Å². The molecular formula is C16H11N3O. The van der Waals surface area contributed by atoms with E-state index in [1.807, 2.05) is 59.2 Å². The lowest BCUT2D eigenvalue weighted by molar-refractivity contribution is -0.575. The van der Waals surface area contributed by atoms with Crippen LogP contribution in [0, 0.1) is 5.21 Å². The molecule has 0 aliphatic rings. The van der Waals surface area contributed by atoms with Crippen molar-refractivity contribution < 1.29 is 4.73 Å². The summed E-state index contributed by atoms with van der Waals surface area (Å²) < 4.78 is 2.89. The van der Waals surface area contributed by atoms with Gasteiger partial charge in [0, 0.05) is 11.8 Å². The Bertz CT molecular complexity index is 913. The van der Waals surface area contributed by atoms with Crippen molar-refractivity contribution in [1.82, 2.24) is 9.55 Å². The van der Waals surface area contributed by atoms with Gasteiger partial charge in [-0.2, -0.15) is 4.73 Å². The first-order valence-electron chi connectivity index (χ1n) is 6.38. The van der Waals surface area contributed by atoms with Crippen LogP contribution in [0.4, 0.5) is 0 Å². The van der Waals surface area contributed by atoms with Gasteiger partial charge in [-0.1, -0.05) is 30.3 Å². The van der Waals surface area contributed by atoms with E-state index >= 15 is 0 Å². The zero-order valence-electron chi connectivity index (χ0n) is 10.6. The van der Waals surface area contributed by atoms with Gasteiger partial charge in [0.15, 0.2) is 5.52 Å². The monoisotopic (exact) mass is 261 g/mol. The van der Waals surface area contributed by atoms with E-state index in [9.17, 15) is 5.21 Å². The molecule has 96 valence electrons. The third kappa shape index (κ3) is 1.48. The molecule has 0 atom stereocenters. The van der Waals surface area contributed by atoms with Crippen LogP contribution in [-0.4, -0.2) is 9.55 Å². The molecule has 0 unspecified atom stereocenters. The summed E-state index contributed by atoms with van der Waals surface area (Å²) in [5.41, 5.74) is 3.34. The number of pyridine rings is 1. The predicted molar refractivity (Wildman–Crippen MR) is 77.5 cm³/mol.